The van der Waals surface area contributed by atoms with Crippen LogP contribution >= 0.6 is 11.6 Å². The van der Waals surface area contributed by atoms with E-state index < -0.39 is 12.0 Å². The lowest BCUT2D eigenvalue weighted by Crippen LogP contribution is -2.12. The number of phenols is 1. The number of nitrogens with two attached hydrogens (primary N) is 1. The van der Waals surface area contributed by atoms with Crippen molar-refractivity contribution in [1.82, 2.24) is 0 Å². The number of carboxylic acids is 1. The maximum absolute atomic E-state index is 10.5. The van der Waals surface area contributed by atoms with Crippen LogP contribution in [0, 0.1) is 0 Å². The van der Waals surface area contributed by atoms with Crippen molar-refractivity contribution in [1.29, 1.82) is 0 Å². The van der Waals surface area contributed by atoms with Crippen LogP contribution in [0.1, 0.15) is 24.4 Å². The van der Waals surface area contributed by atoms with Crippen molar-refractivity contribution in [3.8, 4) is 17.2 Å². The van der Waals surface area contributed by atoms with Gasteiger partial charge in [-0.3, -0.25) is 4.79 Å². The summed E-state index contributed by atoms with van der Waals surface area (Å²) in [5.74, 6) is -0.461. The quantitative estimate of drug-likeness (QED) is 0.771. The number of ether oxygens (including phenoxy) is 2. The third-order valence-electron chi connectivity index (χ3n) is 2.68. The fraction of sp³-hybridized carbons (Fsp3) is 0.364. The van der Waals surface area contributed by atoms with Crippen LogP contribution < -0.4 is 15.2 Å². The molecule has 2 rings (SSSR count). The van der Waals surface area contributed by atoms with Crippen LogP contribution in [0.2, 0.25) is 5.02 Å². The molecule has 0 fully saturated rings. The molecule has 0 radical (unpaired) electrons. The van der Waals surface area contributed by atoms with Gasteiger partial charge in [0.2, 0.25) is 6.79 Å². The minimum Gasteiger partial charge on any atom is -0.506 e. The zero-order valence-electron chi connectivity index (χ0n) is 9.35. The van der Waals surface area contributed by atoms with Crippen molar-refractivity contribution < 1.29 is 24.5 Å². The monoisotopic (exact) mass is 273 g/mol. The molecule has 0 amide bonds. The molecule has 1 atom stereocenters. The number of phenolic OH excluding ortho intramolecular Hbond substituents is 1. The number of fused-ring (bicyclic) bond motifs is 1. The first-order chi connectivity index (χ1) is 8.50. The summed E-state index contributed by atoms with van der Waals surface area (Å²) in [5, 5.41) is 18.5. The van der Waals surface area contributed by atoms with E-state index in [0.29, 0.717) is 11.3 Å². The molecule has 6 nitrogen and oxygen atoms in total. The van der Waals surface area contributed by atoms with Gasteiger partial charge < -0.3 is 25.4 Å². The van der Waals surface area contributed by atoms with Crippen LogP contribution in [0.25, 0.3) is 0 Å². The molecule has 0 aliphatic carbocycles. The van der Waals surface area contributed by atoms with Crippen molar-refractivity contribution in [2.45, 2.75) is 18.9 Å². The molecule has 0 bridgehead atoms. The molecule has 1 aliphatic rings. The molecule has 1 aromatic rings. The first kappa shape index (κ1) is 12.8. The summed E-state index contributed by atoms with van der Waals surface area (Å²) in [6.07, 6.45) is 0.103. The molecule has 1 heterocycles. The predicted molar refractivity (Wildman–Crippen MR) is 63.0 cm³/mol. The smallest absolute Gasteiger partial charge is 0.303 e. The van der Waals surface area contributed by atoms with Gasteiger partial charge in [0.25, 0.3) is 0 Å². The zero-order chi connectivity index (χ0) is 13.3. The minimum atomic E-state index is -0.947. The van der Waals surface area contributed by atoms with Gasteiger partial charge in [-0.15, -0.1) is 0 Å². The van der Waals surface area contributed by atoms with Crippen molar-refractivity contribution in [2.75, 3.05) is 6.79 Å². The van der Waals surface area contributed by atoms with E-state index in [-0.39, 0.29) is 36.2 Å². The van der Waals surface area contributed by atoms with Crippen molar-refractivity contribution in [3.63, 3.8) is 0 Å². The third-order valence-corrected chi connectivity index (χ3v) is 3.03. The first-order valence-electron chi connectivity index (χ1n) is 5.29. The number of carbonyl (C=O) groups is 1. The predicted octanol–water partition coefficient (Wildman–Crippen LogP) is 1.64. The highest BCUT2D eigenvalue weighted by molar-refractivity contribution is 6.34. The van der Waals surface area contributed by atoms with Gasteiger partial charge in [0.05, 0.1) is 0 Å². The Kier molecular flexibility index (Phi) is 3.49. The molecule has 0 saturated carbocycles. The molecule has 1 unspecified atom stereocenters. The first-order valence-corrected chi connectivity index (χ1v) is 5.67. The number of aliphatic carboxylic acids is 1. The second-order valence-corrected chi connectivity index (χ2v) is 4.28. The summed E-state index contributed by atoms with van der Waals surface area (Å²) >= 11 is 5.92. The maximum Gasteiger partial charge on any atom is 0.303 e. The summed E-state index contributed by atoms with van der Waals surface area (Å²) in [5.41, 5.74) is 6.18. The molecule has 1 aliphatic heterocycles. The Morgan fingerprint density at radius 1 is 1.56 bits per heavy atom. The summed E-state index contributed by atoms with van der Waals surface area (Å²) in [6, 6.07) is 0.892. The largest absolute Gasteiger partial charge is 0.506 e. The van der Waals surface area contributed by atoms with E-state index in [1.807, 2.05) is 0 Å². The van der Waals surface area contributed by atoms with Gasteiger partial charge in [-0.05, 0) is 12.5 Å². The third kappa shape index (κ3) is 2.30. The van der Waals surface area contributed by atoms with Crippen molar-refractivity contribution in [3.05, 3.63) is 16.7 Å². The zero-order valence-corrected chi connectivity index (χ0v) is 10.1. The van der Waals surface area contributed by atoms with E-state index in [1.54, 1.807) is 0 Å². The SMILES string of the molecule is NC(CCC(=O)O)c1cc2c(c(Cl)c1O)OCO2. The van der Waals surface area contributed by atoms with Crippen LogP contribution in [-0.4, -0.2) is 23.0 Å². The normalized spacial score (nSPS) is 14.6. The van der Waals surface area contributed by atoms with E-state index in [4.69, 9.17) is 31.9 Å². The molecule has 0 aromatic heterocycles. The number of halogens is 1. The van der Waals surface area contributed by atoms with Gasteiger partial charge in [0.15, 0.2) is 11.5 Å². The maximum atomic E-state index is 10.5. The molecule has 18 heavy (non-hydrogen) atoms. The number of hydrogen-bond acceptors (Lipinski definition) is 5. The Balaban J connectivity index is 2.28. The topological polar surface area (TPSA) is 102 Å². The lowest BCUT2D eigenvalue weighted by Gasteiger charge is -2.14. The van der Waals surface area contributed by atoms with Crippen molar-refractivity contribution in [2.24, 2.45) is 5.73 Å². The lowest BCUT2D eigenvalue weighted by atomic mass is 10.0. The highest BCUT2D eigenvalue weighted by Gasteiger charge is 2.25. The van der Waals surface area contributed by atoms with Gasteiger partial charge in [-0.25, -0.2) is 0 Å². The fourth-order valence-electron chi connectivity index (χ4n) is 1.73. The van der Waals surface area contributed by atoms with Gasteiger partial charge >= 0.3 is 5.97 Å². The minimum absolute atomic E-state index is 0.0301. The molecule has 7 heteroatoms. The molecule has 0 spiro atoms. The summed E-state index contributed by atoms with van der Waals surface area (Å²) < 4.78 is 10.3. The van der Waals surface area contributed by atoms with Crippen LogP contribution in [0.5, 0.6) is 17.2 Å². The number of hydrogen-bond donors (Lipinski definition) is 3. The lowest BCUT2D eigenvalue weighted by molar-refractivity contribution is -0.137. The Morgan fingerprint density at radius 3 is 2.94 bits per heavy atom. The average molecular weight is 274 g/mol. The van der Waals surface area contributed by atoms with E-state index in [2.05, 4.69) is 0 Å². The van der Waals surface area contributed by atoms with Gasteiger partial charge in [-0.1, -0.05) is 11.6 Å². The van der Waals surface area contributed by atoms with Gasteiger partial charge in [-0.2, -0.15) is 0 Å². The Morgan fingerprint density at radius 2 is 2.28 bits per heavy atom. The average Bonchev–Trinajstić information content (AvgIpc) is 2.79. The summed E-state index contributed by atoms with van der Waals surface area (Å²) in [6.45, 7) is 0.0301. The van der Waals surface area contributed by atoms with Crippen LogP contribution in [0.3, 0.4) is 0 Å². The number of benzene rings is 1. The van der Waals surface area contributed by atoms with Crippen LogP contribution in [0.15, 0.2) is 6.07 Å². The van der Waals surface area contributed by atoms with Crippen molar-refractivity contribution >= 4 is 17.6 Å². The number of rotatable bonds is 4. The second-order valence-electron chi connectivity index (χ2n) is 3.90. The van der Waals surface area contributed by atoms with E-state index in [0.717, 1.165) is 0 Å². The molecule has 1 aromatic carbocycles. The van der Waals surface area contributed by atoms with E-state index in [1.165, 1.54) is 6.07 Å². The van der Waals surface area contributed by atoms with Crippen LogP contribution in [0.4, 0.5) is 0 Å². The van der Waals surface area contributed by atoms with Crippen LogP contribution in [-0.2, 0) is 4.79 Å². The summed E-state index contributed by atoms with van der Waals surface area (Å²) in [7, 11) is 0. The van der Waals surface area contributed by atoms with E-state index in [9.17, 15) is 9.90 Å². The molecule has 98 valence electrons. The second kappa shape index (κ2) is 4.91. The number of aromatic hydroxyl groups is 1. The van der Waals surface area contributed by atoms with Gasteiger partial charge in [0, 0.05) is 18.0 Å². The highest BCUT2D eigenvalue weighted by Crippen LogP contribution is 2.47. The van der Waals surface area contributed by atoms with Gasteiger partial charge in [0.1, 0.15) is 10.8 Å². The molecular weight excluding hydrogens is 262 g/mol. The Bertz CT molecular complexity index is 491. The number of carboxylic acid groups (broad SMARTS) is 1. The van der Waals surface area contributed by atoms with E-state index >= 15 is 0 Å². The fourth-order valence-corrected chi connectivity index (χ4v) is 1.99. The Labute approximate surface area is 108 Å². The highest BCUT2D eigenvalue weighted by atomic mass is 35.5. The summed E-state index contributed by atoms with van der Waals surface area (Å²) in [4.78, 5) is 10.5. The Hall–Kier alpha value is -1.66. The molecule has 0 saturated heterocycles. The molecule has 4 N–H and O–H groups in total. The standard InChI is InChI=1S/C11H12ClNO5/c12-9-10(16)5(6(13)1-2-8(14)15)3-7-11(9)18-4-17-7/h3,6,16H,1-2,4,13H2,(H,14,15). The molecular formula is C11H12ClNO5.